The number of aromatic nitrogens is 3. The monoisotopic (exact) mass is 611 g/mol. The van der Waals surface area contributed by atoms with Crippen LogP contribution >= 0.6 is 23.2 Å². The van der Waals surface area contributed by atoms with Crippen molar-refractivity contribution in [2.24, 2.45) is 0 Å². The maximum Gasteiger partial charge on any atom is 0.338 e. The fourth-order valence-corrected chi connectivity index (χ4v) is 4.45. The standard InChI is InChI=1S/C29H27Cl2N5O6/c1-3-36-27(38)25(33-29(40)34-26-22(30)15-32-16-23(26)31)14-24(35-36)18-7-5-6-17(10-18)19-11-20(28(39)41-4-2)13-21(12-19)42-9-8-37/h5-7,10-16,37H,3-4,8-9H2,1-2H3,(H2,32,33,34,40). The van der Waals surface area contributed by atoms with Gasteiger partial charge in [-0.25, -0.2) is 14.3 Å². The number of aryl methyl sites for hydroxylation is 1. The van der Waals surface area contributed by atoms with Gasteiger partial charge in [0, 0.05) is 24.5 Å². The minimum Gasteiger partial charge on any atom is -0.491 e. The average molecular weight is 612 g/mol. The Labute approximate surface area is 251 Å². The van der Waals surface area contributed by atoms with Crippen LogP contribution in [0.1, 0.15) is 24.2 Å². The predicted molar refractivity (Wildman–Crippen MR) is 160 cm³/mol. The summed E-state index contributed by atoms with van der Waals surface area (Å²) < 4.78 is 12.0. The molecule has 0 bridgehead atoms. The number of hydrogen-bond donors (Lipinski definition) is 3. The van der Waals surface area contributed by atoms with Crippen LogP contribution in [-0.2, 0) is 11.3 Å². The molecular formula is C29H27Cl2N5O6. The molecule has 3 N–H and O–H groups in total. The van der Waals surface area contributed by atoms with Crippen molar-refractivity contribution in [3.63, 3.8) is 0 Å². The maximum atomic E-state index is 13.0. The molecule has 13 heteroatoms. The number of anilines is 2. The largest absolute Gasteiger partial charge is 0.491 e. The van der Waals surface area contributed by atoms with Gasteiger partial charge < -0.3 is 25.2 Å². The first-order valence-corrected chi connectivity index (χ1v) is 13.7. The number of rotatable bonds is 10. The normalized spacial score (nSPS) is 10.7. The number of nitrogens with zero attached hydrogens (tertiary/aromatic N) is 3. The number of carbonyl (C=O) groups excluding carboxylic acids is 2. The summed E-state index contributed by atoms with van der Waals surface area (Å²) in [4.78, 5) is 42.1. The molecule has 0 atom stereocenters. The second-order valence-corrected chi connectivity index (χ2v) is 9.56. The number of carbonyl (C=O) groups is 2. The summed E-state index contributed by atoms with van der Waals surface area (Å²) in [6, 6.07) is 13.0. The van der Waals surface area contributed by atoms with Gasteiger partial charge in [-0.2, -0.15) is 5.10 Å². The Morgan fingerprint density at radius 1 is 0.976 bits per heavy atom. The molecule has 218 valence electrons. The number of ether oxygens (including phenoxy) is 2. The van der Waals surface area contributed by atoms with E-state index in [0.717, 1.165) is 5.56 Å². The lowest BCUT2D eigenvalue weighted by molar-refractivity contribution is 0.0526. The second kappa shape index (κ2) is 13.9. The lowest BCUT2D eigenvalue weighted by atomic mass is 9.99. The molecule has 2 amide bonds. The number of aliphatic hydroxyl groups is 1. The fraction of sp³-hybridized carbons (Fsp3) is 0.207. The van der Waals surface area contributed by atoms with Gasteiger partial charge in [0.15, 0.2) is 0 Å². The zero-order valence-corrected chi connectivity index (χ0v) is 24.2. The van der Waals surface area contributed by atoms with Gasteiger partial charge in [-0.15, -0.1) is 0 Å². The zero-order valence-electron chi connectivity index (χ0n) is 22.7. The number of aliphatic hydroxyl groups excluding tert-OH is 1. The molecule has 4 rings (SSSR count). The number of halogens is 2. The van der Waals surface area contributed by atoms with Crippen molar-refractivity contribution in [2.75, 3.05) is 30.5 Å². The van der Waals surface area contributed by atoms with Gasteiger partial charge in [-0.1, -0.05) is 41.4 Å². The Morgan fingerprint density at radius 2 is 1.71 bits per heavy atom. The number of amides is 2. The van der Waals surface area contributed by atoms with E-state index in [0.29, 0.717) is 22.6 Å². The zero-order chi connectivity index (χ0) is 30.2. The van der Waals surface area contributed by atoms with E-state index < -0.39 is 17.6 Å². The number of urea groups is 1. The molecule has 0 aliphatic heterocycles. The third kappa shape index (κ3) is 7.24. The topological polar surface area (TPSA) is 145 Å². The van der Waals surface area contributed by atoms with E-state index in [2.05, 4.69) is 20.7 Å². The highest BCUT2D eigenvalue weighted by molar-refractivity contribution is 6.39. The van der Waals surface area contributed by atoms with E-state index in [4.69, 9.17) is 32.7 Å². The van der Waals surface area contributed by atoms with E-state index in [1.807, 2.05) is 12.1 Å². The number of hydrogen-bond acceptors (Lipinski definition) is 8. The van der Waals surface area contributed by atoms with Crippen LogP contribution < -0.4 is 20.9 Å². The summed E-state index contributed by atoms with van der Waals surface area (Å²) in [5.74, 6) is -0.121. The van der Waals surface area contributed by atoms with Gasteiger partial charge in [0.2, 0.25) is 0 Å². The van der Waals surface area contributed by atoms with E-state index >= 15 is 0 Å². The molecule has 0 aliphatic rings. The average Bonchev–Trinajstić information content (AvgIpc) is 2.99. The van der Waals surface area contributed by atoms with E-state index in [-0.39, 0.29) is 53.3 Å². The van der Waals surface area contributed by atoms with Gasteiger partial charge in [-0.3, -0.25) is 9.78 Å². The first-order valence-electron chi connectivity index (χ1n) is 12.9. The summed E-state index contributed by atoms with van der Waals surface area (Å²) in [5, 5.41) is 19.0. The first-order chi connectivity index (χ1) is 20.2. The van der Waals surface area contributed by atoms with Crippen molar-refractivity contribution in [3.05, 3.63) is 86.9 Å². The number of esters is 1. The van der Waals surface area contributed by atoms with E-state index in [9.17, 15) is 19.5 Å². The molecule has 42 heavy (non-hydrogen) atoms. The lowest BCUT2D eigenvalue weighted by Crippen LogP contribution is -2.29. The van der Waals surface area contributed by atoms with E-state index in [1.54, 1.807) is 44.2 Å². The molecule has 0 aliphatic carbocycles. The summed E-state index contributed by atoms with van der Waals surface area (Å²) in [6.45, 7) is 3.79. The first kappa shape index (κ1) is 30.5. The number of pyridine rings is 1. The van der Waals surface area contributed by atoms with Crippen LogP contribution in [0.5, 0.6) is 5.75 Å². The van der Waals surface area contributed by atoms with Crippen LogP contribution in [-0.4, -0.2) is 51.7 Å². The molecule has 2 aromatic heterocycles. The van der Waals surface area contributed by atoms with Crippen LogP contribution in [0.25, 0.3) is 22.4 Å². The minimum atomic E-state index is -0.734. The summed E-state index contributed by atoms with van der Waals surface area (Å²) >= 11 is 12.2. The number of benzene rings is 2. The van der Waals surface area contributed by atoms with Crippen molar-refractivity contribution < 1.29 is 24.2 Å². The van der Waals surface area contributed by atoms with E-state index in [1.165, 1.54) is 23.1 Å². The lowest BCUT2D eigenvalue weighted by Gasteiger charge is -2.13. The van der Waals surface area contributed by atoms with Crippen LogP contribution in [0.3, 0.4) is 0 Å². The second-order valence-electron chi connectivity index (χ2n) is 8.74. The quantitative estimate of drug-likeness (QED) is 0.200. The molecule has 0 radical (unpaired) electrons. The summed E-state index contributed by atoms with van der Waals surface area (Å²) in [7, 11) is 0. The molecule has 4 aromatic rings. The van der Waals surface area contributed by atoms with Gasteiger partial charge in [-0.05, 0) is 55.3 Å². The van der Waals surface area contributed by atoms with Crippen molar-refractivity contribution in [1.82, 2.24) is 14.8 Å². The van der Waals surface area contributed by atoms with Crippen LogP contribution in [0, 0.1) is 0 Å². The van der Waals surface area contributed by atoms with Crippen molar-refractivity contribution in [1.29, 1.82) is 0 Å². The number of nitrogens with one attached hydrogen (secondary N) is 2. The van der Waals surface area contributed by atoms with Gasteiger partial charge >= 0.3 is 12.0 Å². The van der Waals surface area contributed by atoms with Crippen LogP contribution in [0.15, 0.2) is 65.7 Å². The third-order valence-electron chi connectivity index (χ3n) is 5.88. The van der Waals surface area contributed by atoms with Crippen molar-refractivity contribution in [3.8, 4) is 28.1 Å². The SMILES string of the molecule is CCOC(=O)c1cc(OCCO)cc(-c2cccc(-c3cc(NC(=O)Nc4c(Cl)cncc4Cl)c(=O)n(CC)n3)c2)c1. The molecule has 0 unspecified atom stereocenters. The van der Waals surface area contributed by atoms with Gasteiger partial charge in [0.25, 0.3) is 5.56 Å². The predicted octanol–water partition coefficient (Wildman–Crippen LogP) is 5.49. The Balaban J connectivity index is 1.70. The highest BCUT2D eigenvalue weighted by Crippen LogP contribution is 2.31. The molecule has 2 aromatic carbocycles. The molecule has 0 fully saturated rings. The Kier molecular flexibility index (Phi) is 10.1. The van der Waals surface area contributed by atoms with Crippen LogP contribution in [0.2, 0.25) is 10.0 Å². The summed E-state index contributed by atoms with van der Waals surface area (Å²) in [6.07, 6.45) is 2.66. The third-order valence-corrected chi connectivity index (χ3v) is 6.46. The molecule has 2 heterocycles. The molecule has 11 nitrogen and oxygen atoms in total. The van der Waals surface area contributed by atoms with Crippen molar-refractivity contribution >= 4 is 46.6 Å². The van der Waals surface area contributed by atoms with Crippen LogP contribution in [0.4, 0.5) is 16.2 Å². The minimum absolute atomic E-state index is 0.0185. The Morgan fingerprint density at radius 3 is 2.40 bits per heavy atom. The Bertz CT molecular complexity index is 1660. The molecule has 0 saturated heterocycles. The molecule has 0 spiro atoms. The molecule has 0 saturated carbocycles. The van der Waals surface area contributed by atoms with Gasteiger partial charge in [0.05, 0.1) is 40.2 Å². The van der Waals surface area contributed by atoms with Gasteiger partial charge in [0.1, 0.15) is 18.0 Å². The molecular weight excluding hydrogens is 585 g/mol. The highest BCUT2D eigenvalue weighted by Gasteiger charge is 2.16. The Hall–Kier alpha value is -4.45. The highest BCUT2D eigenvalue weighted by atomic mass is 35.5. The summed E-state index contributed by atoms with van der Waals surface area (Å²) in [5.41, 5.74) is 2.33. The maximum absolute atomic E-state index is 13.0. The van der Waals surface area contributed by atoms with Crippen molar-refractivity contribution in [2.45, 2.75) is 20.4 Å². The fourth-order valence-electron chi connectivity index (χ4n) is 3.99. The smallest absolute Gasteiger partial charge is 0.338 e.